The molecule has 3 nitrogen and oxygen atoms in total. The Bertz CT molecular complexity index is 450. The number of halogens is 1. The van der Waals surface area contributed by atoms with Crippen molar-refractivity contribution in [2.24, 2.45) is 0 Å². The van der Waals surface area contributed by atoms with E-state index >= 15 is 0 Å². The van der Waals surface area contributed by atoms with Crippen LogP contribution in [0.4, 0.5) is 0 Å². The predicted molar refractivity (Wildman–Crippen MR) is 62.4 cm³/mol. The molecule has 0 bridgehead atoms. The Morgan fingerprint density at radius 3 is 2.57 bits per heavy atom. The minimum atomic E-state index is -0.0303. The summed E-state index contributed by atoms with van der Waals surface area (Å²) in [4.78, 5) is 11.0. The van der Waals surface area contributed by atoms with Crippen LogP contribution in [0.2, 0.25) is 0 Å². The summed E-state index contributed by atoms with van der Waals surface area (Å²) in [7, 11) is 0. The maximum atomic E-state index is 11.0. The van der Waals surface area contributed by atoms with Crippen LogP contribution >= 0.6 is 22.6 Å². The summed E-state index contributed by atoms with van der Waals surface area (Å²) in [5, 5.41) is 6.75. The van der Waals surface area contributed by atoms with E-state index in [2.05, 4.69) is 10.2 Å². The smallest absolute Gasteiger partial charge is 0.240 e. The first-order valence-corrected chi connectivity index (χ1v) is 5.16. The Hall–Kier alpha value is -1.17. The molecule has 4 heteroatoms. The molecule has 1 heterocycles. The second-order valence-corrected chi connectivity index (χ2v) is 3.79. The van der Waals surface area contributed by atoms with Crippen LogP contribution < -0.4 is 0 Å². The van der Waals surface area contributed by atoms with Crippen molar-refractivity contribution in [2.75, 3.05) is 0 Å². The Balaban J connectivity index is 2.39. The van der Waals surface area contributed by atoms with E-state index in [0.29, 0.717) is 5.69 Å². The fourth-order valence-corrected chi connectivity index (χ4v) is 1.46. The molecule has 0 radical (unpaired) electrons. The molecular weight excluding hydrogens is 291 g/mol. The third-order valence-electron chi connectivity index (χ3n) is 1.86. The number of carbonyl (C=O) groups is 1. The molecule has 0 amide bonds. The van der Waals surface area contributed by atoms with E-state index < -0.39 is 0 Å². The van der Waals surface area contributed by atoms with Crippen molar-refractivity contribution in [3.05, 3.63) is 42.1 Å². The minimum absolute atomic E-state index is 0.0303. The van der Waals surface area contributed by atoms with Gasteiger partial charge in [-0.3, -0.25) is 9.89 Å². The molecular formula is C10H7IN2O. The molecule has 0 spiro atoms. The molecule has 0 fully saturated rings. The van der Waals surface area contributed by atoms with Gasteiger partial charge in [0.05, 0.1) is 5.69 Å². The highest BCUT2D eigenvalue weighted by atomic mass is 127. The van der Waals surface area contributed by atoms with Crippen molar-refractivity contribution in [1.29, 1.82) is 0 Å². The number of hydrogen-bond acceptors (Lipinski definition) is 2. The first-order valence-electron chi connectivity index (χ1n) is 4.08. The highest BCUT2D eigenvalue weighted by Crippen LogP contribution is 2.17. The zero-order chi connectivity index (χ0) is 9.97. The largest absolute Gasteiger partial charge is 0.280 e. The first-order chi connectivity index (χ1) is 6.77. The van der Waals surface area contributed by atoms with Gasteiger partial charge < -0.3 is 0 Å². The van der Waals surface area contributed by atoms with Crippen LogP contribution in [0.25, 0.3) is 11.3 Å². The van der Waals surface area contributed by atoms with E-state index in [1.54, 1.807) is 28.7 Å². The monoisotopic (exact) mass is 298 g/mol. The standard InChI is InChI=1S/C10H7IN2O/c11-10(14)9-6-8(12-13-9)7-4-2-1-3-5-7/h1-6H,(H,12,13). The maximum absolute atomic E-state index is 11.0. The van der Waals surface area contributed by atoms with Crippen LogP contribution in [-0.4, -0.2) is 14.0 Å². The first kappa shape index (κ1) is 9.39. The lowest BCUT2D eigenvalue weighted by Gasteiger charge is -1.92. The topological polar surface area (TPSA) is 45.8 Å². The maximum Gasteiger partial charge on any atom is 0.240 e. The molecule has 0 aliphatic heterocycles. The van der Waals surface area contributed by atoms with Crippen molar-refractivity contribution < 1.29 is 4.79 Å². The number of nitrogens with zero attached hydrogens (tertiary/aromatic N) is 1. The zero-order valence-corrected chi connectivity index (χ0v) is 9.36. The Kier molecular flexibility index (Phi) is 2.62. The van der Waals surface area contributed by atoms with Gasteiger partial charge in [-0.1, -0.05) is 30.3 Å². The molecule has 1 aromatic carbocycles. The molecule has 14 heavy (non-hydrogen) atoms. The number of rotatable bonds is 2. The van der Waals surface area contributed by atoms with Crippen LogP contribution in [-0.2, 0) is 0 Å². The van der Waals surface area contributed by atoms with Crippen LogP contribution in [0, 0.1) is 0 Å². The Morgan fingerprint density at radius 2 is 2.00 bits per heavy atom. The molecule has 0 atom stereocenters. The summed E-state index contributed by atoms with van der Waals surface area (Å²) in [6, 6.07) is 11.5. The number of benzene rings is 1. The number of H-pyrrole nitrogens is 1. The van der Waals surface area contributed by atoms with Crippen molar-refractivity contribution >= 4 is 26.4 Å². The fraction of sp³-hybridized carbons (Fsp3) is 0. The highest BCUT2D eigenvalue weighted by molar-refractivity contribution is 14.1. The van der Waals surface area contributed by atoms with Gasteiger partial charge in [0.25, 0.3) is 0 Å². The lowest BCUT2D eigenvalue weighted by atomic mass is 10.1. The van der Waals surface area contributed by atoms with Crippen molar-refractivity contribution in [2.45, 2.75) is 0 Å². The second-order valence-electron chi connectivity index (χ2n) is 2.81. The quantitative estimate of drug-likeness (QED) is 0.684. The van der Waals surface area contributed by atoms with E-state index in [0.717, 1.165) is 11.3 Å². The summed E-state index contributed by atoms with van der Waals surface area (Å²) in [5.41, 5.74) is 2.34. The van der Waals surface area contributed by atoms with E-state index in [1.165, 1.54) is 0 Å². The average molecular weight is 298 g/mol. The molecule has 0 unspecified atom stereocenters. The molecule has 1 aromatic heterocycles. The highest BCUT2D eigenvalue weighted by Gasteiger charge is 2.06. The lowest BCUT2D eigenvalue weighted by molar-refractivity contribution is 0.110. The van der Waals surface area contributed by atoms with Gasteiger partial charge in [0.2, 0.25) is 3.79 Å². The molecule has 0 saturated carbocycles. The molecule has 0 aliphatic rings. The number of nitrogens with one attached hydrogen (secondary N) is 1. The number of carbonyl (C=O) groups excluding carboxylic acids is 1. The number of aromatic amines is 1. The molecule has 2 aromatic rings. The van der Waals surface area contributed by atoms with Crippen LogP contribution in [0.3, 0.4) is 0 Å². The third-order valence-corrected chi connectivity index (χ3v) is 2.44. The van der Waals surface area contributed by atoms with Gasteiger partial charge in [-0.2, -0.15) is 5.10 Å². The Morgan fingerprint density at radius 1 is 1.29 bits per heavy atom. The van der Waals surface area contributed by atoms with Crippen molar-refractivity contribution in [3.63, 3.8) is 0 Å². The van der Waals surface area contributed by atoms with Gasteiger partial charge in [0.15, 0.2) is 0 Å². The molecule has 0 saturated heterocycles. The summed E-state index contributed by atoms with van der Waals surface area (Å²) in [5.74, 6) is 0. The zero-order valence-electron chi connectivity index (χ0n) is 7.20. The van der Waals surface area contributed by atoms with E-state index in [9.17, 15) is 4.79 Å². The Labute approximate surface area is 94.7 Å². The number of hydrogen-bond donors (Lipinski definition) is 1. The SMILES string of the molecule is O=C(I)c1cc(-c2ccccc2)n[nH]1. The van der Waals surface area contributed by atoms with E-state index in [4.69, 9.17) is 0 Å². The predicted octanol–water partition coefficient (Wildman–Crippen LogP) is 2.65. The van der Waals surface area contributed by atoms with Crippen molar-refractivity contribution in [3.8, 4) is 11.3 Å². The van der Waals surface area contributed by atoms with Gasteiger partial charge in [-0.05, 0) is 6.07 Å². The minimum Gasteiger partial charge on any atom is -0.280 e. The van der Waals surface area contributed by atoms with Crippen LogP contribution in [0.5, 0.6) is 0 Å². The number of aromatic nitrogens is 2. The summed E-state index contributed by atoms with van der Waals surface area (Å²) >= 11 is 1.73. The third kappa shape index (κ3) is 1.84. The van der Waals surface area contributed by atoms with Crippen molar-refractivity contribution in [1.82, 2.24) is 10.2 Å². The van der Waals surface area contributed by atoms with E-state index in [1.807, 2.05) is 30.3 Å². The van der Waals surface area contributed by atoms with Gasteiger partial charge in [0, 0.05) is 28.2 Å². The molecule has 70 valence electrons. The van der Waals surface area contributed by atoms with Gasteiger partial charge in [0.1, 0.15) is 5.69 Å². The van der Waals surface area contributed by atoms with Gasteiger partial charge >= 0.3 is 0 Å². The van der Waals surface area contributed by atoms with Gasteiger partial charge in [-0.25, -0.2) is 0 Å². The summed E-state index contributed by atoms with van der Waals surface area (Å²) < 4.78 is -0.0303. The molecule has 1 N–H and O–H groups in total. The second kappa shape index (κ2) is 3.91. The molecule has 0 aliphatic carbocycles. The normalized spacial score (nSPS) is 10.1. The summed E-state index contributed by atoms with van der Waals surface area (Å²) in [6.07, 6.45) is 0. The van der Waals surface area contributed by atoms with Crippen LogP contribution in [0.1, 0.15) is 10.5 Å². The van der Waals surface area contributed by atoms with E-state index in [-0.39, 0.29) is 3.79 Å². The van der Waals surface area contributed by atoms with Crippen LogP contribution in [0.15, 0.2) is 36.4 Å². The van der Waals surface area contributed by atoms with Gasteiger partial charge in [-0.15, -0.1) is 0 Å². The summed E-state index contributed by atoms with van der Waals surface area (Å²) in [6.45, 7) is 0. The average Bonchev–Trinajstić information content (AvgIpc) is 2.68. The fourth-order valence-electron chi connectivity index (χ4n) is 1.18. The molecule has 2 rings (SSSR count). The lowest BCUT2D eigenvalue weighted by Crippen LogP contribution is -1.85.